The van der Waals surface area contributed by atoms with E-state index in [-0.39, 0.29) is 5.56 Å². The zero-order valence-corrected chi connectivity index (χ0v) is 9.83. The second-order valence-electron chi connectivity index (χ2n) is 4.00. The molecule has 6 nitrogen and oxygen atoms in total. The van der Waals surface area contributed by atoms with Crippen molar-refractivity contribution in [3.05, 3.63) is 22.9 Å². The molecule has 0 bridgehead atoms. The number of hydrogen-bond donors (Lipinski definition) is 2. The lowest BCUT2D eigenvalue weighted by molar-refractivity contribution is 0.0691. The quantitative estimate of drug-likeness (QED) is 0.791. The van der Waals surface area contributed by atoms with E-state index in [2.05, 4.69) is 4.98 Å². The van der Waals surface area contributed by atoms with Crippen molar-refractivity contribution in [2.24, 2.45) is 5.14 Å². The van der Waals surface area contributed by atoms with Gasteiger partial charge in [-0.05, 0) is 37.3 Å². The zero-order valence-electron chi connectivity index (χ0n) is 9.01. The number of rotatable bonds is 2. The Morgan fingerprint density at radius 2 is 2.00 bits per heavy atom. The molecule has 2 rings (SSSR count). The van der Waals surface area contributed by atoms with Crippen LogP contribution in [-0.2, 0) is 22.9 Å². The van der Waals surface area contributed by atoms with Crippen molar-refractivity contribution < 1.29 is 18.3 Å². The van der Waals surface area contributed by atoms with E-state index in [4.69, 9.17) is 10.2 Å². The Balaban J connectivity index is 2.69. The van der Waals surface area contributed by atoms with Crippen LogP contribution in [0.25, 0.3) is 0 Å². The van der Waals surface area contributed by atoms with E-state index in [0.717, 1.165) is 24.8 Å². The highest BCUT2D eigenvalue weighted by atomic mass is 32.2. The first-order valence-electron chi connectivity index (χ1n) is 5.18. The number of aromatic nitrogens is 1. The predicted molar refractivity (Wildman–Crippen MR) is 59.2 cm³/mol. The van der Waals surface area contributed by atoms with Crippen LogP contribution in [0.3, 0.4) is 0 Å². The van der Waals surface area contributed by atoms with Crippen molar-refractivity contribution in [2.45, 2.75) is 30.7 Å². The Morgan fingerprint density at radius 3 is 2.59 bits per heavy atom. The molecule has 0 fully saturated rings. The zero-order chi connectivity index (χ0) is 12.6. The molecule has 0 saturated carbocycles. The summed E-state index contributed by atoms with van der Waals surface area (Å²) in [6.07, 6.45) is 3.28. The third kappa shape index (κ3) is 2.29. The summed E-state index contributed by atoms with van der Waals surface area (Å²) in [6, 6.07) is 1.38. The molecule has 1 aromatic rings. The van der Waals surface area contributed by atoms with Crippen molar-refractivity contribution >= 4 is 16.0 Å². The van der Waals surface area contributed by atoms with Crippen molar-refractivity contribution in [1.82, 2.24) is 4.98 Å². The van der Waals surface area contributed by atoms with Gasteiger partial charge in [0.05, 0.1) is 5.56 Å². The van der Waals surface area contributed by atoms with Gasteiger partial charge < -0.3 is 5.11 Å². The molecule has 92 valence electrons. The van der Waals surface area contributed by atoms with Gasteiger partial charge in [-0.25, -0.2) is 23.3 Å². The summed E-state index contributed by atoms with van der Waals surface area (Å²) in [7, 11) is -4.10. The number of carbonyl (C=O) groups is 1. The van der Waals surface area contributed by atoms with Crippen LogP contribution in [0, 0.1) is 0 Å². The molecule has 0 amide bonds. The Hall–Kier alpha value is -1.47. The molecule has 1 aromatic heterocycles. The van der Waals surface area contributed by atoms with Gasteiger partial charge in [0.15, 0.2) is 5.03 Å². The number of carboxylic acids is 1. The molecule has 1 heterocycles. The lowest BCUT2D eigenvalue weighted by Gasteiger charge is -2.16. The van der Waals surface area contributed by atoms with Gasteiger partial charge in [-0.3, -0.25) is 0 Å². The molecular weight excluding hydrogens is 244 g/mol. The van der Waals surface area contributed by atoms with Gasteiger partial charge in [0.1, 0.15) is 0 Å². The fourth-order valence-corrected chi connectivity index (χ4v) is 2.67. The average molecular weight is 256 g/mol. The largest absolute Gasteiger partial charge is 0.478 e. The summed E-state index contributed by atoms with van der Waals surface area (Å²) < 4.78 is 22.6. The van der Waals surface area contributed by atoms with Gasteiger partial charge in [-0.15, -0.1) is 0 Å². The van der Waals surface area contributed by atoms with E-state index < -0.39 is 21.0 Å². The van der Waals surface area contributed by atoms with E-state index >= 15 is 0 Å². The van der Waals surface area contributed by atoms with Crippen LogP contribution in [0.15, 0.2) is 11.1 Å². The number of nitrogens with zero attached hydrogens (tertiary/aromatic N) is 1. The fraction of sp³-hybridized carbons (Fsp3) is 0.400. The maximum absolute atomic E-state index is 11.3. The number of fused-ring (bicyclic) bond motifs is 1. The molecule has 0 saturated heterocycles. The Labute approximate surface area is 98.5 Å². The molecule has 0 unspecified atom stereocenters. The average Bonchev–Trinajstić information content (AvgIpc) is 2.26. The van der Waals surface area contributed by atoms with Crippen LogP contribution in [0.4, 0.5) is 0 Å². The highest BCUT2D eigenvalue weighted by Gasteiger charge is 2.24. The number of nitrogens with two attached hydrogens (primary N) is 1. The second-order valence-corrected chi connectivity index (χ2v) is 5.48. The maximum Gasteiger partial charge on any atom is 0.338 e. The van der Waals surface area contributed by atoms with Gasteiger partial charge in [-0.2, -0.15) is 0 Å². The smallest absolute Gasteiger partial charge is 0.338 e. The first-order chi connectivity index (χ1) is 7.89. The van der Waals surface area contributed by atoms with E-state index in [9.17, 15) is 13.2 Å². The lowest BCUT2D eigenvalue weighted by atomic mass is 9.95. The van der Waals surface area contributed by atoms with E-state index in [0.29, 0.717) is 12.1 Å². The Bertz CT molecular complexity index is 580. The van der Waals surface area contributed by atoms with Crippen LogP contribution < -0.4 is 5.14 Å². The summed E-state index contributed by atoms with van der Waals surface area (Å²) in [6.45, 7) is 0. The molecule has 0 radical (unpaired) electrons. The molecule has 17 heavy (non-hydrogen) atoms. The van der Waals surface area contributed by atoms with Gasteiger partial charge in [0.2, 0.25) is 0 Å². The lowest BCUT2D eigenvalue weighted by Crippen LogP contribution is -2.21. The summed E-state index contributed by atoms with van der Waals surface area (Å²) in [4.78, 5) is 14.9. The summed E-state index contributed by atoms with van der Waals surface area (Å²) in [5, 5.41) is 13.4. The molecule has 0 aromatic carbocycles. The minimum atomic E-state index is -4.10. The van der Waals surface area contributed by atoms with E-state index in [1.165, 1.54) is 6.07 Å². The first-order valence-corrected chi connectivity index (χ1v) is 6.73. The van der Waals surface area contributed by atoms with Gasteiger partial charge >= 0.3 is 5.97 Å². The second kappa shape index (κ2) is 4.08. The predicted octanol–water partition coefficient (Wildman–Crippen LogP) is 0.306. The highest BCUT2D eigenvalue weighted by molar-refractivity contribution is 7.89. The van der Waals surface area contributed by atoms with Crippen LogP contribution >= 0.6 is 0 Å². The fourth-order valence-electron chi connectivity index (χ4n) is 1.98. The van der Waals surface area contributed by atoms with Crippen LogP contribution in [0.2, 0.25) is 0 Å². The van der Waals surface area contributed by atoms with E-state index in [1.54, 1.807) is 0 Å². The van der Waals surface area contributed by atoms with Crippen LogP contribution in [0.1, 0.15) is 34.5 Å². The molecule has 0 spiro atoms. The van der Waals surface area contributed by atoms with Gasteiger partial charge in [0, 0.05) is 5.69 Å². The number of primary sulfonamides is 1. The van der Waals surface area contributed by atoms with E-state index in [1.807, 2.05) is 0 Å². The van der Waals surface area contributed by atoms with Crippen molar-refractivity contribution in [3.63, 3.8) is 0 Å². The number of aromatic carboxylic acids is 1. The van der Waals surface area contributed by atoms with Gasteiger partial charge in [-0.1, -0.05) is 0 Å². The minimum Gasteiger partial charge on any atom is -0.478 e. The van der Waals surface area contributed by atoms with Crippen molar-refractivity contribution in [1.29, 1.82) is 0 Å². The normalized spacial score (nSPS) is 15.4. The molecule has 0 atom stereocenters. The SMILES string of the molecule is NS(=O)(=O)c1nc2c(cc1C(=O)O)CCCC2. The molecule has 3 N–H and O–H groups in total. The third-order valence-electron chi connectivity index (χ3n) is 2.77. The van der Waals surface area contributed by atoms with Crippen LogP contribution in [0.5, 0.6) is 0 Å². The first kappa shape index (κ1) is 12.0. The number of hydrogen-bond acceptors (Lipinski definition) is 4. The Morgan fingerprint density at radius 1 is 1.35 bits per heavy atom. The summed E-state index contributed by atoms with van der Waals surface area (Å²) >= 11 is 0. The number of carboxylic acid groups (broad SMARTS) is 1. The summed E-state index contributed by atoms with van der Waals surface area (Å²) in [5.41, 5.74) is 1.11. The van der Waals surface area contributed by atoms with Crippen molar-refractivity contribution in [2.75, 3.05) is 0 Å². The molecule has 1 aliphatic rings. The maximum atomic E-state index is 11.3. The number of sulfonamides is 1. The minimum absolute atomic E-state index is 0.340. The standard InChI is InChI=1S/C10H12N2O4S/c11-17(15,16)9-7(10(13)14)5-6-3-1-2-4-8(6)12-9/h5H,1-4H2,(H,13,14)(H2,11,15,16). The third-order valence-corrected chi connectivity index (χ3v) is 3.62. The highest BCUT2D eigenvalue weighted by Crippen LogP contribution is 2.23. The molecular formula is C10H12N2O4S. The molecule has 1 aliphatic carbocycles. The monoisotopic (exact) mass is 256 g/mol. The number of aryl methyl sites for hydroxylation is 2. The molecule has 0 aliphatic heterocycles. The van der Waals surface area contributed by atoms with Gasteiger partial charge in [0.25, 0.3) is 10.0 Å². The van der Waals surface area contributed by atoms with Crippen molar-refractivity contribution in [3.8, 4) is 0 Å². The Kier molecular flexibility index (Phi) is 2.88. The topological polar surface area (TPSA) is 110 Å². The van der Waals surface area contributed by atoms with Crippen LogP contribution in [-0.4, -0.2) is 24.5 Å². The summed E-state index contributed by atoms with van der Waals surface area (Å²) in [5.74, 6) is -1.32. The number of pyridine rings is 1. The molecule has 7 heteroatoms.